The fourth-order valence-electron chi connectivity index (χ4n) is 2.27. The molecule has 1 unspecified atom stereocenters. The van der Waals surface area contributed by atoms with Crippen LogP contribution in [-0.4, -0.2) is 26.1 Å². The molecule has 1 amide bonds. The topological polar surface area (TPSA) is 42.8 Å². The number of hydrogen-bond donors (Lipinski definition) is 2. The maximum absolute atomic E-state index is 12.3. The van der Waals surface area contributed by atoms with Crippen LogP contribution in [0.25, 0.3) is 0 Å². The summed E-state index contributed by atoms with van der Waals surface area (Å²) < 4.78 is 6.36. The van der Waals surface area contributed by atoms with E-state index in [1.165, 1.54) is 4.88 Å². The zero-order valence-corrected chi connectivity index (χ0v) is 15.4. The van der Waals surface area contributed by atoms with Gasteiger partial charge in [0.15, 0.2) is 6.54 Å². The van der Waals surface area contributed by atoms with E-state index in [1.54, 1.807) is 18.4 Å². The van der Waals surface area contributed by atoms with Gasteiger partial charge in [-0.05, 0) is 46.3 Å². The number of anilines is 1. The van der Waals surface area contributed by atoms with E-state index in [9.17, 15) is 4.79 Å². The summed E-state index contributed by atoms with van der Waals surface area (Å²) in [5.74, 6) is 0.621. The zero-order chi connectivity index (χ0) is 16.7. The standard InChI is InChI=1S/C17H19BrN2O2S/c1-3-10-20(11-13-8-9-16(18)23-13)12-17(21)19-14-6-4-5-7-15(14)22-2/h3-9H,1,10-12H2,2H3,(H,19,21)/p+1. The Hall–Kier alpha value is -1.63. The summed E-state index contributed by atoms with van der Waals surface area (Å²) in [6, 6.07) is 11.5. The molecule has 23 heavy (non-hydrogen) atoms. The maximum atomic E-state index is 12.3. The van der Waals surface area contributed by atoms with Crippen LogP contribution in [0.2, 0.25) is 0 Å². The smallest absolute Gasteiger partial charge is 0.279 e. The molecule has 0 aliphatic carbocycles. The SMILES string of the molecule is C=CC[NH+](CC(=O)Nc1ccccc1OC)Cc1ccc(Br)s1. The van der Waals surface area contributed by atoms with E-state index in [0.29, 0.717) is 18.0 Å². The molecule has 122 valence electrons. The Kier molecular flexibility index (Phi) is 6.83. The third-order valence-corrected chi connectivity index (χ3v) is 4.90. The molecule has 2 aromatic rings. The molecular formula is C17H20BrN2O2S+. The number of hydrogen-bond acceptors (Lipinski definition) is 3. The minimum absolute atomic E-state index is 0.0398. The van der Waals surface area contributed by atoms with Gasteiger partial charge in [-0.15, -0.1) is 11.3 Å². The molecule has 1 atom stereocenters. The fraction of sp³-hybridized carbons (Fsp3) is 0.235. The number of amides is 1. The monoisotopic (exact) mass is 395 g/mol. The van der Waals surface area contributed by atoms with Crippen LogP contribution in [0.1, 0.15) is 4.88 Å². The molecule has 2 N–H and O–H groups in total. The molecule has 0 bridgehead atoms. The predicted molar refractivity (Wildman–Crippen MR) is 98.2 cm³/mol. The average Bonchev–Trinajstić information content (AvgIpc) is 2.93. The lowest BCUT2D eigenvalue weighted by atomic mass is 10.3. The summed E-state index contributed by atoms with van der Waals surface area (Å²) >= 11 is 5.16. The van der Waals surface area contributed by atoms with Crippen LogP contribution >= 0.6 is 27.3 Å². The Labute approximate surface area is 148 Å². The lowest BCUT2D eigenvalue weighted by Crippen LogP contribution is -3.11. The number of carbonyl (C=O) groups is 1. The molecule has 0 saturated heterocycles. The highest BCUT2D eigenvalue weighted by molar-refractivity contribution is 9.11. The van der Waals surface area contributed by atoms with Crippen molar-refractivity contribution in [1.82, 2.24) is 0 Å². The van der Waals surface area contributed by atoms with Crippen molar-refractivity contribution in [1.29, 1.82) is 0 Å². The van der Waals surface area contributed by atoms with Crippen LogP contribution in [0.5, 0.6) is 5.75 Å². The molecule has 0 aliphatic heterocycles. The molecule has 6 heteroatoms. The number of nitrogens with one attached hydrogen (secondary N) is 2. The molecule has 0 saturated carbocycles. The van der Waals surface area contributed by atoms with Crippen LogP contribution in [0.15, 0.2) is 52.8 Å². The summed E-state index contributed by atoms with van der Waals surface area (Å²) in [7, 11) is 1.59. The summed E-state index contributed by atoms with van der Waals surface area (Å²) in [6.45, 7) is 5.69. The molecule has 1 heterocycles. The van der Waals surface area contributed by atoms with Crippen molar-refractivity contribution in [2.45, 2.75) is 6.54 Å². The Morgan fingerprint density at radius 2 is 2.17 bits per heavy atom. The van der Waals surface area contributed by atoms with Gasteiger partial charge >= 0.3 is 0 Å². The highest BCUT2D eigenvalue weighted by Crippen LogP contribution is 2.23. The first-order valence-corrected chi connectivity index (χ1v) is 8.85. The van der Waals surface area contributed by atoms with Gasteiger partial charge in [-0.25, -0.2) is 0 Å². The van der Waals surface area contributed by atoms with Crippen molar-refractivity contribution in [3.63, 3.8) is 0 Å². The van der Waals surface area contributed by atoms with Gasteiger partial charge in [0.05, 0.1) is 28.0 Å². The summed E-state index contributed by atoms with van der Waals surface area (Å²) in [4.78, 5) is 14.7. The normalized spacial score (nSPS) is 11.7. The van der Waals surface area contributed by atoms with E-state index in [0.717, 1.165) is 21.8 Å². The lowest BCUT2D eigenvalue weighted by Gasteiger charge is -2.17. The van der Waals surface area contributed by atoms with E-state index in [2.05, 4.69) is 33.9 Å². The number of ether oxygens (including phenoxy) is 1. The Bertz CT molecular complexity index is 672. The largest absolute Gasteiger partial charge is 0.495 e. The molecule has 0 aliphatic rings. The van der Waals surface area contributed by atoms with Crippen molar-refractivity contribution < 1.29 is 14.4 Å². The third-order valence-electron chi connectivity index (χ3n) is 3.28. The number of quaternary nitrogens is 1. The first-order chi connectivity index (χ1) is 11.1. The van der Waals surface area contributed by atoms with E-state index in [1.807, 2.05) is 36.4 Å². The van der Waals surface area contributed by atoms with Gasteiger partial charge in [0, 0.05) is 0 Å². The summed E-state index contributed by atoms with van der Waals surface area (Å²) in [6.07, 6.45) is 1.84. The first kappa shape index (κ1) is 17.7. The predicted octanol–water partition coefficient (Wildman–Crippen LogP) is 2.73. The number of rotatable bonds is 8. The van der Waals surface area contributed by atoms with E-state index in [-0.39, 0.29) is 5.91 Å². The Morgan fingerprint density at radius 1 is 1.39 bits per heavy atom. The van der Waals surface area contributed by atoms with Gasteiger partial charge in [-0.1, -0.05) is 18.7 Å². The molecule has 1 aromatic heterocycles. The van der Waals surface area contributed by atoms with E-state index in [4.69, 9.17) is 4.74 Å². The second kappa shape index (κ2) is 8.86. The van der Waals surface area contributed by atoms with Crippen LogP contribution in [0.4, 0.5) is 5.69 Å². The second-order valence-electron chi connectivity index (χ2n) is 5.05. The molecule has 4 nitrogen and oxygen atoms in total. The van der Waals surface area contributed by atoms with Gasteiger partial charge in [-0.3, -0.25) is 4.79 Å². The Morgan fingerprint density at radius 3 is 2.83 bits per heavy atom. The van der Waals surface area contributed by atoms with Crippen LogP contribution in [0, 0.1) is 0 Å². The Balaban J connectivity index is 1.98. The van der Waals surface area contributed by atoms with Gasteiger partial charge in [0.2, 0.25) is 0 Å². The van der Waals surface area contributed by atoms with Crippen LogP contribution in [-0.2, 0) is 11.3 Å². The summed E-state index contributed by atoms with van der Waals surface area (Å²) in [5, 5.41) is 2.92. The molecule has 0 radical (unpaired) electrons. The molecular weight excluding hydrogens is 376 g/mol. The number of thiophene rings is 1. The van der Waals surface area contributed by atoms with Crippen LogP contribution in [0.3, 0.4) is 0 Å². The van der Waals surface area contributed by atoms with E-state index < -0.39 is 0 Å². The molecule has 0 fully saturated rings. The van der Waals surface area contributed by atoms with E-state index >= 15 is 0 Å². The van der Waals surface area contributed by atoms with Crippen molar-refractivity contribution in [2.75, 3.05) is 25.5 Å². The number of halogens is 1. The van der Waals surface area contributed by atoms with Gasteiger partial charge in [0.25, 0.3) is 5.91 Å². The summed E-state index contributed by atoms with van der Waals surface area (Å²) in [5.41, 5.74) is 0.692. The quantitative estimate of drug-likeness (QED) is 0.674. The fourth-order valence-corrected chi connectivity index (χ4v) is 3.83. The lowest BCUT2D eigenvalue weighted by molar-refractivity contribution is -0.899. The second-order valence-corrected chi connectivity index (χ2v) is 7.60. The van der Waals surface area contributed by atoms with Crippen molar-refractivity contribution in [3.05, 3.63) is 57.7 Å². The molecule has 2 rings (SSSR count). The zero-order valence-electron chi connectivity index (χ0n) is 13.0. The van der Waals surface area contributed by atoms with Gasteiger partial charge in [0.1, 0.15) is 12.3 Å². The number of methoxy groups -OCH3 is 1. The van der Waals surface area contributed by atoms with Gasteiger partial charge < -0.3 is 15.0 Å². The third kappa shape index (κ3) is 5.49. The average molecular weight is 396 g/mol. The minimum atomic E-state index is -0.0398. The van der Waals surface area contributed by atoms with Gasteiger partial charge in [-0.2, -0.15) is 0 Å². The molecule has 1 aromatic carbocycles. The highest BCUT2D eigenvalue weighted by Gasteiger charge is 2.16. The molecule has 0 spiro atoms. The number of benzene rings is 1. The van der Waals surface area contributed by atoms with Crippen molar-refractivity contribution >= 4 is 38.9 Å². The van der Waals surface area contributed by atoms with Crippen LogP contribution < -0.4 is 15.0 Å². The van der Waals surface area contributed by atoms with Crippen molar-refractivity contribution in [2.24, 2.45) is 0 Å². The first-order valence-electron chi connectivity index (χ1n) is 7.24. The minimum Gasteiger partial charge on any atom is -0.495 e. The maximum Gasteiger partial charge on any atom is 0.279 e. The van der Waals surface area contributed by atoms with Crippen molar-refractivity contribution in [3.8, 4) is 5.75 Å². The number of carbonyl (C=O) groups excluding carboxylic acids is 1. The highest BCUT2D eigenvalue weighted by atomic mass is 79.9. The number of para-hydroxylation sites is 2.